The average molecular weight is 375 g/mol. The summed E-state index contributed by atoms with van der Waals surface area (Å²) in [5.74, 6) is 0.929. The summed E-state index contributed by atoms with van der Waals surface area (Å²) in [5, 5.41) is 0. The van der Waals surface area contributed by atoms with Gasteiger partial charge in [0.05, 0.1) is 11.1 Å². The molecule has 0 N–H and O–H groups in total. The smallest absolute Gasteiger partial charge is 0.416 e. The number of rotatable bonds is 2. The third-order valence-corrected chi connectivity index (χ3v) is 5.04. The maximum atomic E-state index is 13.0. The lowest BCUT2D eigenvalue weighted by molar-refractivity contribution is -0.137. The van der Waals surface area contributed by atoms with Crippen molar-refractivity contribution in [2.24, 2.45) is 4.99 Å². The number of fused-ring (bicyclic) bond motifs is 2. The van der Waals surface area contributed by atoms with Crippen molar-refractivity contribution in [1.82, 2.24) is 4.90 Å². The Morgan fingerprint density at radius 3 is 2.52 bits per heavy atom. The Balaban J connectivity index is 1.67. The lowest BCUT2D eigenvalue weighted by Gasteiger charge is -2.36. The van der Waals surface area contributed by atoms with Gasteiger partial charge in [-0.05, 0) is 36.9 Å². The van der Waals surface area contributed by atoms with E-state index in [4.69, 9.17) is 4.74 Å². The largest absolute Gasteiger partial charge is 0.454 e. The molecule has 0 aromatic heterocycles. The Morgan fingerprint density at radius 2 is 1.81 bits per heavy atom. The van der Waals surface area contributed by atoms with E-state index in [1.807, 2.05) is 18.2 Å². The molecule has 0 bridgehead atoms. The molecule has 0 radical (unpaired) electrons. The maximum Gasteiger partial charge on any atom is 0.416 e. The highest BCUT2D eigenvalue weighted by atomic mass is 19.4. The van der Waals surface area contributed by atoms with Crippen LogP contribution < -0.4 is 9.64 Å². The molecule has 0 saturated carbocycles. The highest BCUT2D eigenvalue weighted by Gasteiger charge is 2.31. The standard InChI is InChI=1S/C20H20F3N3O/c1-2-25-8-10-26(11-9-25)17-4-3-5-18-15(17)13-24-16-12-14(20(21,22)23)6-7-19(16)27-18/h3-7,12-13H,2,8-11H2,1H3. The van der Waals surface area contributed by atoms with E-state index < -0.39 is 11.7 Å². The summed E-state index contributed by atoms with van der Waals surface area (Å²) in [5.41, 5.74) is 1.25. The Bertz CT molecular complexity index is 871. The molecule has 4 rings (SSSR count). The number of ether oxygens (including phenoxy) is 1. The third kappa shape index (κ3) is 3.51. The van der Waals surface area contributed by atoms with Crippen LogP contribution in [0.1, 0.15) is 18.1 Å². The van der Waals surface area contributed by atoms with Crippen LogP contribution in [0.25, 0.3) is 0 Å². The van der Waals surface area contributed by atoms with Crippen LogP contribution in [-0.4, -0.2) is 43.8 Å². The molecule has 4 nitrogen and oxygen atoms in total. The fourth-order valence-corrected chi connectivity index (χ4v) is 3.47. The number of nitrogens with zero attached hydrogens (tertiary/aromatic N) is 3. The first-order chi connectivity index (χ1) is 13.0. The summed E-state index contributed by atoms with van der Waals surface area (Å²) in [4.78, 5) is 8.96. The molecule has 2 heterocycles. The molecule has 0 unspecified atom stereocenters. The van der Waals surface area contributed by atoms with Crippen molar-refractivity contribution >= 4 is 17.6 Å². The van der Waals surface area contributed by atoms with Crippen molar-refractivity contribution in [2.45, 2.75) is 13.1 Å². The van der Waals surface area contributed by atoms with Crippen LogP contribution in [-0.2, 0) is 6.18 Å². The van der Waals surface area contributed by atoms with Gasteiger partial charge in [-0.1, -0.05) is 13.0 Å². The highest BCUT2D eigenvalue weighted by molar-refractivity contribution is 5.94. The van der Waals surface area contributed by atoms with Crippen LogP contribution in [0.5, 0.6) is 11.5 Å². The first-order valence-electron chi connectivity index (χ1n) is 8.99. The van der Waals surface area contributed by atoms with Crippen molar-refractivity contribution in [3.63, 3.8) is 0 Å². The summed E-state index contributed by atoms with van der Waals surface area (Å²) in [6, 6.07) is 9.11. The number of likely N-dealkylation sites (N-methyl/N-ethyl adjacent to an activating group) is 1. The van der Waals surface area contributed by atoms with Gasteiger partial charge in [-0.3, -0.25) is 4.99 Å². The van der Waals surface area contributed by atoms with Gasteiger partial charge in [0.2, 0.25) is 0 Å². The summed E-state index contributed by atoms with van der Waals surface area (Å²) in [6.07, 6.45) is -2.79. The molecule has 2 aromatic carbocycles. The zero-order valence-corrected chi connectivity index (χ0v) is 15.0. The molecule has 27 heavy (non-hydrogen) atoms. The van der Waals surface area contributed by atoms with E-state index in [2.05, 4.69) is 21.7 Å². The Labute approximate surface area is 155 Å². The van der Waals surface area contributed by atoms with Gasteiger partial charge in [-0.2, -0.15) is 13.2 Å². The molecule has 2 aromatic rings. The van der Waals surface area contributed by atoms with Crippen molar-refractivity contribution in [2.75, 3.05) is 37.6 Å². The van der Waals surface area contributed by atoms with Crippen LogP contribution in [0.3, 0.4) is 0 Å². The number of halogens is 3. The number of piperazine rings is 1. The van der Waals surface area contributed by atoms with Crippen LogP contribution in [0.4, 0.5) is 24.5 Å². The molecule has 0 amide bonds. The predicted molar refractivity (Wildman–Crippen MR) is 99.5 cm³/mol. The zero-order valence-electron chi connectivity index (χ0n) is 15.0. The molecule has 0 aliphatic carbocycles. The number of aliphatic imine (C=N–C) groups is 1. The monoisotopic (exact) mass is 375 g/mol. The summed E-state index contributed by atoms with van der Waals surface area (Å²) in [6.45, 7) is 6.92. The highest BCUT2D eigenvalue weighted by Crippen LogP contribution is 2.42. The number of hydrogen-bond acceptors (Lipinski definition) is 4. The molecular weight excluding hydrogens is 355 g/mol. The van der Waals surface area contributed by atoms with E-state index in [1.165, 1.54) is 6.07 Å². The van der Waals surface area contributed by atoms with Gasteiger partial charge in [0, 0.05) is 38.1 Å². The van der Waals surface area contributed by atoms with E-state index in [9.17, 15) is 13.2 Å². The van der Waals surface area contributed by atoms with Crippen LogP contribution in [0, 0.1) is 0 Å². The third-order valence-electron chi connectivity index (χ3n) is 5.04. The quantitative estimate of drug-likeness (QED) is 0.650. The zero-order chi connectivity index (χ0) is 19.0. The van der Waals surface area contributed by atoms with Gasteiger partial charge in [-0.15, -0.1) is 0 Å². The second-order valence-corrected chi connectivity index (χ2v) is 6.65. The summed E-state index contributed by atoms with van der Waals surface area (Å²) < 4.78 is 44.9. The minimum absolute atomic E-state index is 0.183. The molecular formula is C20H20F3N3O. The molecule has 2 aliphatic rings. The van der Waals surface area contributed by atoms with E-state index >= 15 is 0 Å². The Hall–Kier alpha value is -2.54. The minimum Gasteiger partial charge on any atom is -0.454 e. The molecule has 1 fully saturated rings. The van der Waals surface area contributed by atoms with E-state index in [-0.39, 0.29) is 5.69 Å². The fourth-order valence-electron chi connectivity index (χ4n) is 3.47. The lowest BCUT2D eigenvalue weighted by atomic mass is 10.1. The van der Waals surface area contributed by atoms with Gasteiger partial charge < -0.3 is 14.5 Å². The molecule has 142 valence electrons. The number of alkyl halides is 3. The van der Waals surface area contributed by atoms with Crippen LogP contribution in [0.15, 0.2) is 41.4 Å². The second kappa shape index (κ2) is 6.88. The van der Waals surface area contributed by atoms with Crippen LogP contribution in [0.2, 0.25) is 0 Å². The van der Waals surface area contributed by atoms with Crippen molar-refractivity contribution in [1.29, 1.82) is 0 Å². The van der Waals surface area contributed by atoms with E-state index in [0.29, 0.717) is 11.5 Å². The molecule has 0 atom stereocenters. The SMILES string of the molecule is CCN1CCN(c2cccc3c2C=Nc2cc(C(F)(F)F)ccc2O3)CC1. The van der Waals surface area contributed by atoms with Crippen molar-refractivity contribution in [3.05, 3.63) is 47.5 Å². The summed E-state index contributed by atoms with van der Waals surface area (Å²) >= 11 is 0. The normalized spacial score (nSPS) is 17.1. The first kappa shape index (κ1) is 17.9. The lowest BCUT2D eigenvalue weighted by Crippen LogP contribution is -2.46. The predicted octanol–water partition coefficient (Wildman–Crippen LogP) is 4.70. The van der Waals surface area contributed by atoms with Crippen molar-refractivity contribution in [3.8, 4) is 11.5 Å². The van der Waals surface area contributed by atoms with Crippen molar-refractivity contribution < 1.29 is 17.9 Å². The molecule has 0 spiro atoms. The molecule has 1 saturated heterocycles. The number of anilines is 1. The number of benzene rings is 2. The minimum atomic E-state index is -4.41. The molecule has 2 aliphatic heterocycles. The van der Waals surface area contributed by atoms with Gasteiger partial charge in [0.25, 0.3) is 0 Å². The van der Waals surface area contributed by atoms with Gasteiger partial charge >= 0.3 is 6.18 Å². The first-order valence-corrected chi connectivity index (χ1v) is 8.99. The fraction of sp³-hybridized carbons (Fsp3) is 0.350. The second-order valence-electron chi connectivity index (χ2n) is 6.65. The summed E-state index contributed by atoms with van der Waals surface area (Å²) in [7, 11) is 0. The average Bonchev–Trinajstić information content (AvgIpc) is 2.86. The van der Waals surface area contributed by atoms with Gasteiger partial charge in [0.15, 0.2) is 5.75 Å². The molecule has 7 heteroatoms. The Morgan fingerprint density at radius 1 is 1.04 bits per heavy atom. The Kier molecular flexibility index (Phi) is 4.55. The van der Waals surface area contributed by atoms with Crippen LogP contribution >= 0.6 is 0 Å². The maximum absolute atomic E-state index is 13.0. The van der Waals surface area contributed by atoms with Gasteiger partial charge in [-0.25, -0.2) is 0 Å². The van der Waals surface area contributed by atoms with Gasteiger partial charge in [0.1, 0.15) is 11.4 Å². The number of hydrogen-bond donors (Lipinski definition) is 0. The topological polar surface area (TPSA) is 28.1 Å². The van der Waals surface area contributed by atoms with E-state index in [0.717, 1.165) is 56.1 Å². The van der Waals surface area contributed by atoms with E-state index in [1.54, 1.807) is 6.21 Å².